The topological polar surface area (TPSA) is 85.5 Å². The number of sulfonamides is 1. The molecule has 3 aromatic rings. The lowest BCUT2D eigenvalue weighted by atomic mass is 9.98. The Bertz CT molecular complexity index is 1340. The Morgan fingerprint density at radius 3 is 2.46 bits per heavy atom. The maximum atomic E-state index is 12.9. The van der Waals surface area contributed by atoms with Crippen LogP contribution in [-0.4, -0.2) is 60.7 Å². The van der Waals surface area contributed by atoms with Crippen LogP contribution >= 0.6 is 0 Å². The lowest BCUT2D eigenvalue weighted by Gasteiger charge is -2.31. The number of H-pyrrole nitrogens is 1. The van der Waals surface area contributed by atoms with Gasteiger partial charge in [0.1, 0.15) is 0 Å². The van der Waals surface area contributed by atoms with E-state index in [9.17, 15) is 13.2 Å². The first-order valence-corrected chi connectivity index (χ1v) is 13.8. The van der Waals surface area contributed by atoms with Gasteiger partial charge in [-0.25, -0.2) is 8.42 Å². The molecule has 5 rings (SSSR count). The number of rotatable bonds is 6. The lowest BCUT2D eigenvalue weighted by Crippen LogP contribution is -2.44. The molecule has 1 amide bonds. The third-order valence-electron chi connectivity index (χ3n) is 7.18. The summed E-state index contributed by atoms with van der Waals surface area (Å²) in [6.07, 6.45) is 8.04. The Kier molecular flexibility index (Phi) is 6.77. The van der Waals surface area contributed by atoms with Gasteiger partial charge in [0.2, 0.25) is 15.9 Å². The molecule has 2 aromatic carbocycles. The molecule has 0 bridgehead atoms. The second-order valence-electron chi connectivity index (χ2n) is 9.38. The molecule has 184 valence electrons. The molecule has 1 fully saturated rings. The van der Waals surface area contributed by atoms with Gasteiger partial charge in [-0.05, 0) is 62.1 Å². The first-order valence-electron chi connectivity index (χ1n) is 12.3. The fourth-order valence-electron chi connectivity index (χ4n) is 5.00. The highest BCUT2D eigenvalue weighted by atomic mass is 32.2. The minimum absolute atomic E-state index is 0.0967. The Morgan fingerprint density at radius 1 is 1.00 bits per heavy atom. The number of anilines is 1. The first-order chi connectivity index (χ1) is 16.9. The minimum atomic E-state index is -3.47. The van der Waals surface area contributed by atoms with Crippen LogP contribution in [0.3, 0.4) is 0 Å². The largest absolute Gasteiger partial charge is 0.361 e. The van der Waals surface area contributed by atoms with Crippen LogP contribution in [0.25, 0.3) is 16.5 Å². The molecule has 8 heteroatoms. The van der Waals surface area contributed by atoms with Gasteiger partial charge >= 0.3 is 0 Å². The molecular weight excluding hydrogens is 460 g/mol. The number of para-hydroxylation sites is 1. The maximum Gasteiger partial charge on any atom is 0.243 e. The van der Waals surface area contributed by atoms with Gasteiger partial charge in [0.15, 0.2) is 0 Å². The number of hydrogen-bond donors (Lipinski definition) is 2. The van der Waals surface area contributed by atoms with Gasteiger partial charge in [-0.1, -0.05) is 30.7 Å². The average molecular weight is 493 g/mol. The molecule has 1 saturated heterocycles. The van der Waals surface area contributed by atoms with Crippen molar-refractivity contribution in [2.45, 2.75) is 43.5 Å². The molecule has 1 atom stereocenters. The second-order valence-corrected chi connectivity index (χ2v) is 11.3. The van der Waals surface area contributed by atoms with Gasteiger partial charge in [0, 0.05) is 54.5 Å². The van der Waals surface area contributed by atoms with Crippen LogP contribution < -0.4 is 5.32 Å². The van der Waals surface area contributed by atoms with Crippen molar-refractivity contribution in [3.8, 4) is 0 Å². The van der Waals surface area contributed by atoms with Crippen molar-refractivity contribution in [3.05, 3.63) is 66.4 Å². The fourth-order valence-corrected chi connectivity index (χ4v) is 6.51. The number of aromatic amines is 1. The van der Waals surface area contributed by atoms with Crippen LogP contribution in [0.2, 0.25) is 0 Å². The number of nitrogens with one attached hydrogen (secondary N) is 2. The van der Waals surface area contributed by atoms with Crippen molar-refractivity contribution in [1.29, 1.82) is 0 Å². The maximum absolute atomic E-state index is 12.9. The summed E-state index contributed by atoms with van der Waals surface area (Å²) in [5.74, 6) is -0.0967. The zero-order valence-electron chi connectivity index (χ0n) is 20.0. The van der Waals surface area contributed by atoms with E-state index in [0.29, 0.717) is 25.3 Å². The molecule has 1 aromatic heterocycles. The normalized spacial score (nSPS) is 18.8. The van der Waals surface area contributed by atoms with Gasteiger partial charge in [0.25, 0.3) is 0 Å². The van der Waals surface area contributed by atoms with E-state index in [1.165, 1.54) is 16.5 Å². The van der Waals surface area contributed by atoms with E-state index in [4.69, 9.17) is 0 Å². The van der Waals surface area contributed by atoms with E-state index in [1.807, 2.05) is 13.0 Å². The van der Waals surface area contributed by atoms with E-state index in [0.717, 1.165) is 37.7 Å². The molecule has 0 radical (unpaired) electrons. The Labute approximate surface area is 206 Å². The number of carbonyl (C=O) groups is 1. The summed E-state index contributed by atoms with van der Waals surface area (Å²) in [6.45, 7) is 4.56. The smallest absolute Gasteiger partial charge is 0.243 e. The zero-order valence-corrected chi connectivity index (χ0v) is 20.9. The number of fused-ring (bicyclic) bond motifs is 1. The number of nitrogens with zero attached hydrogens (tertiary/aromatic N) is 2. The Hall–Kier alpha value is -2.94. The highest BCUT2D eigenvalue weighted by Gasteiger charge is 2.27. The van der Waals surface area contributed by atoms with Crippen LogP contribution in [0.1, 0.15) is 38.2 Å². The van der Waals surface area contributed by atoms with Crippen molar-refractivity contribution < 1.29 is 13.2 Å². The van der Waals surface area contributed by atoms with Crippen LogP contribution in [0.5, 0.6) is 0 Å². The Morgan fingerprint density at radius 2 is 1.74 bits per heavy atom. The number of aromatic nitrogens is 1. The monoisotopic (exact) mass is 492 g/mol. The second kappa shape index (κ2) is 9.97. The number of carbonyl (C=O) groups excluding carboxylic acids is 1. The van der Waals surface area contributed by atoms with Gasteiger partial charge in [-0.2, -0.15) is 4.31 Å². The van der Waals surface area contributed by atoms with Gasteiger partial charge in [-0.15, -0.1) is 0 Å². The predicted octanol–water partition coefficient (Wildman–Crippen LogP) is 4.46. The Balaban J connectivity index is 1.20. The molecule has 7 nitrogen and oxygen atoms in total. The molecule has 35 heavy (non-hydrogen) atoms. The van der Waals surface area contributed by atoms with Gasteiger partial charge < -0.3 is 10.3 Å². The molecule has 0 aliphatic carbocycles. The highest BCUT2D eigenvalue weighted by Crippen LogP contribution is 2.30. The molecule has 2 aliphatic heterocycles. The standard InChI is InChI=1S/C27H32N4O3S/c1-20(30-17-13-21(14-18-30)25-19-28-26-8-4-3-7-24(25)26)27(32)29-22-9-11-23(12-10-22)35(33,34)31-15-5-2-6-16-31/h3-4,7-13,19-20,28H,2,5-6,14-18H2,1H3,(H,29,32)/t20-/m0/s1. The van der Waals surface area contributed by atoms with Crippen molar-refractivity contribution in [2.75, 3.05) is 31.5 Å². The van der Waals surface area contributed by atoms with Crippen LogP contribution in [0, 0.1) is 0 Å². The number of benzene rings is 2. The molecule has 0 unspecified atom stereocenters. The quantitative estimate of drug-likeness (QED) is 0.532. The van der Waals surface area contributed by atoms with Crippen molar-refractivity contribution in [2.24, 2.45) is 0 Å². The molecule has 3 heterocycles. The zero-order chi connectivity index (χ0) is 24.4. The van der Waals surface area contributed by atoms with Crippen molar-refractivity contribution in [3.63, 3.8) is 0 Å². The van der Waals surface area contributed by atoms with Gasteiger partial charge in [-0.3, -0.25) is 9.69 Å². The number of hydrogen-bond acceptors (Lipinski definition) is 4. The lowest BCUT2D eigenvalue weighted by molar-refractivity contribution is -0.120. The molecular formula is C27H32N4O3S. The summed E-state index contributed by atoms with van der Waals surface area (Å²) in [5, 5.41) is 4.17. The third kappa shape index (κ3) is 4.91. The van der Waals surface area contributed by atoms with E-state index in [-0.39, 0.29) is 16.8 Å². The third-order valence-corrected chi connectivity index (χ3v) is 9.09. The van der Waals surface area contributed by atoms with Crippen molar-refractivity contribution in [1.82, 2.24) is 14.2 Å². The predicted molar refractivity (Wildman–Crippen MR) is 140 cm³/mol. The molecule has 2 N–H and O–H groups in total. The molecule has 0 spiro atoms. The van der Waals surface area contributed by atoms with Crippen molar-refractivity contribution >= 4 is 38.1 Å². The van der Waals surface area contributed by atoms with Crippen LogP contribution in [0.15, 0.2) is 65.7 Å². The summed E-state index contributed by atoms with van der Waals surface area (Å²) < 4.78 is 27.2. The summed E-state index contributed by atoms with van der Waals surface area (Å²) in [4.78, 5) is 18.7. The van der Waals surface area contributed by atoms with E-state index in [1.54, 1.807) is 28.6 Å². The van der Waals surface area contributed by atoms with Crippen LogP contribution in [-0.2, 0) is 14.8 Å². The first kappa shape index (κ1) is 23.8. The van der Waals surface area contributed by atoms with Gasteiger partial charge in [0.05, 0.1) is 10.9 Å². The van der Waals surface area contributed by atoms with Crippen LogP contribution in [0.4, 0.5) is 5.69 Å². The summed E-state index contributed by atoms with van der Waals surface area (Å²) in [5.41, 5.74) is 4.27. The molecule has 2 aliphatic rings. The molecule has 0 saturated carbocycles. The van der Waals surface area contributed by atoms with E-state index >= 15 is 0 Å². The number of piperidine rings is 1. The SMILES string of the molecule is C[C@@H](C(=O)Nc1ccc(S(=O)(=O)N2CCCCC2)cc1)N1CC=C(c2c[nH]c3ccccc23)CC1. The summed E-state index contributed by atoms with van der Waals surface area (Å²) in [6, 6.07) is 14.5. The number of amides is 1. The summed E-state index contributed by atoms with van der Waals surface area (Å²) >= 11 is 0. The fraction of sp³-hybridized carbons (Fsp3) is 0.370. The average Bonchev–Trinajstić information content (AvgIpc) is 3.33. The summed E-state index contributed by atoms with van der Waals surface area (Å²) in [7, 11) is -3.47. The minimum Gasteiger partial charge on any atom is -0.361 e. The highest BCUT2D eigenvalue weighted by molar-refractivity contribution is 7.89. The van der Waals surface area contributed by atoms with E-state index < -0.39 is 10.0 Å². The van der Waals surface area contributed by atoms with E-state index in [2.05, 4.69) is 45.7 Å².